The number of benzene rings is 6. The van der Waals surface area contributed by atoms with E-state index in [-0.39, 0.29) is 5.41 Å². The van der Waals surface area contributed by atoms with Crippen LogP contribution in [0.4, 0.5) is 0 Å². The molecule has 242 valence electrons. The zero-order valence-corrected chi connectivity index (χ0v) is 28.5. The van der Waals surface area contributed by atoms with Gasteiger partial charge in [-0.3, -0.25) is 4.98 Å². The molecule has 1 aliphatic rings. The summed E-state index contributed by atoms with van der Waals surface area (Å²) in [6.07, 6.45) is 1.84. The van der Waals surface area contributed by atoms with Gasteiger partial charge in [-0.2, -0.15) is 0 Å². The molecule has 0 spiro atoms. The maximum absolute atomic E-state index is 4.96. The molecule has 9 rings (SSSR count). The fourth-order valence-electron chi connectivity index (χ4n) is 7.33. The van der Waals surface area contributed by atoms with Crippen molar-refractivity contribution < 1.29 is 0 Å². The van der Waals surface area contributed by atoms with E-state index in [0.717, 1.165) is 39.1 Å². The van der Waals surface area contributed by atoms with E-state index in [1.54, 1.807) is 0 Å². The van der Waals surface area contributed by atoms with Gasteiger partial charge in [-0.1, -0.05) is 159 Å². The molecule has 0 saturated carbocycles. The maximum atomic E-state index is 4.96. The van der Waals surface area contributed by atoms with Crippen LogP contribution < -0.4 is 0 Å². The molecule has 4 nitrogen and oxygen atoms in total. The molecule has 0 amide bonds. The van der Waals surface area contributed by atoms with Gasteiger partial charge in [0.05, 0.1) is 5.69 Å². The molecule has 4 heteroatoms. The summed E-state index contributed by atoms with van der Waals surface area (Å²) in [5, 5.41) is 0. The number of rotatable bonds is 6. The molecule has 2 heterocycles. The minimum atomic E-state index is -0.0349. The summed E-state index contributed by atoms with van der Waals surface area (Å²) < 4.78 is 0. The first-order chi connectivity index (χ1) is 25.0. The minimum absolute atomic E-state index is 0.0349. The summed E-state index contributed by atoms with van der Waals surface area (Å²) in [6, 6.07) is 57.2. The van der Waals surface area contributed by atoms with Gasteiger partial charge in [0.2, 0.25) is 0 Å². The highest BCUT2D eigenvalue weighted by molar-refractivity contribution is 5.93. The Balaban J connectivity index is 1.07. The van der Waals surface area contributed by atoms with Gasteiger partial charge in [-0.15, -0.1) is 0 Å². The lowest BCUT2D eigenvalue weighted by Gasteiger charge is -2.21. The Morgan fingerprint density at radius 2 is 0.882 bits per heavy atom. The van der Waals surface area contributed by atoms with Crippen LogP contribution in [0, 0.1) is 0 Å². The standard InChI is InChI=1S/C47H34N4/c1-47(2)40-21-10-9-19-39(40)43-38(20-12-22-41(43)47)36-18-11-17-35(29-36)31-23-25-34(26-24-31)45-49-44(33-15-7-4-8-16-33)50-46(51-45)37-27-28-42(48-30-37)32-13-5-3-6-14-32/h3-30H,1-2H3. The van der Waals surface area contributed by atoms with Crippen LogP contribution in [0.3, 0.4) is 0 Å². The van der Waals surface area contributed by atoms with Crippen molar-refractivity contribution in [2.75, 3.05) is 0 Å². The Labute approximate surface area is 298 Å². The zero-order valence-electron chi connectivity index (χ0n) is 28.5. The van der Waals surface area contributed by atoms with Gasteiger partial charge in [0.1, 0.15) is 0 Å². The van der Waals surface area contributed by atoms with E-state index in [4.69, 9.17) is 19.9 Å². The molecule has 0 aliphatic heterocycles. The van der Waals surface area contributed by atoms with Crippen molar-refractivity contribution >= 4 is 0 Å². The predicted octanol–water partition coefficient (Wildman–Crippen LogP) is 11.6. The van der Waals surface area contributed by atoms with Crippen molar-refractivity contribution in [3.05, 3.63) is 181 Å². The highest BCUT2D eigenvalue weighted by Gasteiger charge is 2.36. The smallest absolute Gasteiger partial charge is 0.165 e. The third-order valence-corrected chi connectivity index (χ3v) is 10.0. The Morgan fingerprint density at radius 1 is 0.373 bits per heavy atom. The monoisotopic (exact) mass is 654 g/mol. The quantitative estimate of drug-likeness (QED) is 0.179. The second-order valence-corrected chi connectivity index (χ2v) is 13.5. The van der Waals surface area contributed by atoms with Crippen LogP contribution >= 0.6 is 0 Å². The lowest BCUT2D eigenvalue weighted by atomic mass is 9.82. The van der Waals surface area contributed by atoms with Crippen LogP contribution in [0.15, 0.2) is 170 Å². The van der Waals surface area contributed by atoms with Crippen molar-refractivity contribution in [3.63, 3.8) is 0 Å². The molecule has 0 unspecified atom stereocenters. The van der Waals surface area contributed by atoms with E-state index < -0.39 is 0 Å². The average molecular weight is 655 g/mol. The van der Waals surface area contributed by atoms with Crippen molar-refractivity contribution in [3.8, 4) is 78.8 Å². The molecular weight excluding hydrogens is 621 g/mol. The fourth-order valence-corrected chi connectivity index (χ4v) is 7.33. The van der Waals surface area contributed by atoms with Gasteiger partial charge in [0.25, 0.3) is 0 Å². The number of fused-ring (bicyclic) bond motifs is 3. The van der Waals surface area contributed by atoms with Crippen molar-refractivity contribution in [2.45, 2.75) is 19.3 Å². The van der Waals surface area contributed by atoms with Crippen LogP contribution in [0.2, 0.25) is 0 Å². The van der Waals surface area contributed by atoms with Crippen LogP contribution in [0.1, 0.15) is 25.0 Å². The fraction of sp³-hybridized carbons (Fsp3) is 0.0638. The number of pyridine rings is 1. The van der Waals surface area contributed by atoms with Crippen LogP contribution in [0.25, 0.3) is 78.8 Å². The molecule has 0 fully saturated rings. The SMILES string of the molecule is CC1(C)c2ccccc2-c2c(-c3cccc(-c4ccc(-c5nc(-c6ccccc6)nc(-c6ccc(-c7ccccc7)nc6)n5)cc4)c3)cccc21. The number of aromatic nitrogens is 4. The van der Waals surface area contributed by atoms with Crippen molar-refractivity contribution in [2.24, 2.45) is 0 Å². The van der Waals surface area contributed by atoms with Crippen molar-refractivity contribution in [1.82, 2.24) is 19.9 Å². The Morgan fingerprint density at radius 3 is 1.59 bits per heavy atom. The Kier molecular flexibility index (Phi) is 7.44. The van der Waals surface area contributed by atoms with Gasteiger partial charge in [0.15, 0.2) is 17.5 Å². The van der Waals surface area contributed by atoms with E-state index in [0.29, 0.717) is 17.5 Å². The van der Waals surface area contributed by atoms with E-state index in [2.05, 4.69) is 117 Å². The van der Waals surface area contributed by atoms with E-state index >= 15 is 0 Å². The van der Waals surface area contributed by atoms with Crippen molar-refractivity contribution in [1.29, 1.82) is 0 Å². The summed E-state index contributed by atoms with van der Waals surface area (Å²) in [7, 11) is 0. The molecule has 0 atom stereocenters. The lowest BCUT2D eigenvalue weighted by molar-refractivity contribution is 0.660. The number of hydrogen-bond donors (Lipinski definition) is 0. The largest absolute Gasteiger partial charge is 0.255 e. The van der Waals surface area contributed by atoms with Crippen LogP contribution in [-0.2, 0) is 5.41 Å². The molecule has 0 saturated heterocycles. The third-order valence-electron chi connectivity index (χ3n) is 10.0. The first-order valence-electron chi connectivity index (χ1n) is 17.3. The summed E-state index contributed by atoms with van der Waals surface area (Å²) >= 11 is 0. The normalized spacial score (nSPS) is 12.7. The molecule has 0 N–H and O–H groups in total. The highest BCUT2D eigenvalue weighted by atomic mass is 15.0. The van der Waals surface area contributed by atoms with E-state index in [1.807, 2.05) is 66.9 Å². The Hall–Kier alpha value is -6.52. The molecular formula is C47H34N4. The molecule has 1 aliphatic carbocycles. The Bertz CT molecular complexity index is 2520. The molecule has 8 aromatic rings. The third kappa shape index (κ3) is 5.51. The predicted molar refractivity (Wildman–Crippen MR) is 208 cm³/mol. The number of hydrogen-bond acceptors (Lipinski definition) is 4. The number of nitrogens with zero attached hydrogens (tertiary/aromatic N) is 4. The summed E-state index contributed by atoms with van der Waals surface area (Å²) in [5.41, 5.74) is 14.8. The average Bonchev–Trinajstić information content (AvgIpc) is 3.44. The lowest BCUT2D eigenvalue weighted by Crippen LogP contribution is -2.14. The molecule has 2 aromatic heterocycles. The minimum Gasteiger partial charge on any atom is -0.255 e. The first kappa shape index (κ1) is 30.5. The molecule has 0 bridgehead atoms. The van der Waals surface area contributed by atoms with E-state index in [1.165, 1.54) is 33.4 Å². The summed E-state index contributed by atoms with van der Waals surface area (Å²) in [6.45, 7) is 4.66. The summed E-state index contributed by atoms with van der Waals surface area (Å²) in [5.74, 6) is 1.83. The topological polar surface area (TPSA) is 51.6 Å². The van der Waals surface area contributed by atoms with Gasteiger partial charge in [0, 0.05) is 33.9 Å². The zero-order chi connectivity index (χ0) is 34.4. The summed E-state index contributed by atoms with van der Waals surface area (Å²) in [4.78, 5) is 19.5. The van der Waals surface area contributed by atoms with Gasteiger partial charge in [-0.05, 0) is 62.7 Å². The molecule has 51 heavy (non-hydrogen) atoms. The first-order valence-corrected chi connectivity index (χ1v) is 17.3. The maximum Gasteiger partial charge on any atom is 0.165 e. The highest BCUT2D eigenvalue weighted by Crippen LogP contribution is 2.52. The second kappa shape index (κ2) is 12.4. The second-order valence-electron chi connectivity index (χ2n) is 13.5. The van der Waals surface area contributed by atoms with Gasteiger partial charge < -0.3 is 0 Å². The van der Waals surface area contributed by atoms with Crippen LogP contribution in [-0.4, -0.2) is 19.9 Å². The van der Waals surface area contributed by atoms with Gasteiger partial charge >= 0.3 is 0 Å². The molecule has 0 radical (unpaired) electrons. The van der Waals surface area contributed by atoms with Gasteiger partial charge in [-0.25, -0.2) is 15.0 Å². The van der Waals surface area contributed by atoms with Crippen LogP contribution in [0.5, 0.6) is 0 Å². The van der Waals surface area contributed by atoms with E-state index in [9.17, 15) is 0 Å². The molecule has 6 aromatic carbocycles.